The molecule has 1 aliphatic rings. The lowest BCUT2D eigenvalue weighted by molar-refractivity contribution is -0.127. The molecule has 3 atom stereocenters. The van der Waals surface area contributed by atoms with E-state index in [4.69, 9.17) is 5.73 Å². The summed E-state index contributed by atoms with van der Waals surface area (Å²) in [6, 6.07) is 18.0. The topological polar surface area (TPSA) is 75.4 Å². The lowest BCUT2D eigenvalue weighted by atomic mass is 10.1. The zero-order chi connectivity index (χ0) is 17.8. The number of nitrogens with one attached hydrogen (secondary N) is 1. The van der Waals surface area contributed by atoms with Gasteiger partial charge < -0.3 is 16.0 Å². The Bertz CT molecular complexity index is 739. The fourth-order valence-corrected chi connectivity index (χ4v) is 3.26. The maximum Gasteiger partial charge on any atom is 0.249 e. The van der Waals surface area contributed by atoms with Crippen molar-refractivity contribution in [3.8, 4) is 0 Å². The number of anilines is 1. The van der Waals surface area contributed by atoms with Crippen molar-refractivity contribution in [3.63, 3.8) is 0 Å². The molecular weight excluding hydrogens is 350 g/mol. The lowest BCUT2D eigenvalue weighted by Crippen LogP contribution is -2.49. The number of nitrogens with two attached hydrogens (primary N) is 1. The number of halogens is 1. The smallest absolute Gasteiger partial charge is 0.249 e. The summed E-state index contributed by atoms with van der Waals surface area (Å²) in [7, 11) is 0. The standard InChI is InChI=1S/C20H23N3O2.ClH/c1-14-12-18(20(25)23(14)16-10-6-3-7-11-16)22-19(24)17(21)13-15-8-4-2-5-9-15;/h2-11,14,17-18H,12-13,21H2,1H3,(H,22,24);1H/t14?,17-,18?;/m0./s1. The molecule has 3 rings (SSSR count). The molecule has 0 bridgehead atoms. The summed E-state index contributed by atoms with van der Waals surface area (Å²) in [6.45, 7) is 1.99. The number of carbonyl (C=O) groups excluding carboxylic acids is 2. The summed E-state index contributed by atoms with van der Waals surface area (Å²) in [6.07, 6.45) is 1.03. The molecule has 26 heavy (non-hydrogen) atoms. The predicted molar refractivity (Wildman–Crippen MR) is 105 cm³/mol. The number of para-hydroxylation sites is 1. The first-order chi connectivity index (χ1) is 12.1. The number of hydrogen-bond donors (Lipinski definition) is 2. The van der Waals surface area contributed by atoms with Gasteiger partial charge in [-0.2, -0.15) is 0 Å². The van der Waals surface area contributed by atoms with Crippen LogP contribution >= 0.6 is 12.4 Å². The highest BCUT2D eigenvalue weighted by atomic mass is 35.5. The van der Waals surface area contributed by atoms with Crippen LogP contribution in [0.2, 0.25) is 0 Å². The molecule has 0 spiro atoms. The van der Waals surface area contributed by atoms with Crippen molar-refractivity contribution in [1.29, 1.82) is 0 Å². The fraction of sp³-hybridized carbons (Fsp3) is 0.300. The van der Waals surface area contributed by atoms with Gasteiger partial charge in [-0.05, 0) is 37.5 Å². The summed E-state index contributed by atoms with van der Waals surface area (Å²) < 4.78 is 0. The number of hydrogen-bond acceptors (Lipinski definition) is 3. The van der Waals surface area contributed by atoms with E-state index in [-0.39, 0.29) is 30.3 Å². The van der Waals surface area contributed by atoms with Crippen LogP contribution in [0.4, 0.5) is 5.69 Å². The van der Waals surface area contributed by atoms with Crippen LogP contribution in [-0.2, 0) is 16.0 Å². The molecule has 138 valence electrons. The number of carbonyl (C=O) groups is 2. The molecule has 2 unspecified atom stereocenters. The molecule has 0 aromatic heterocycles. The quantitative estimate of drug-likeness (QED) is 0.844. The number of benzene rings is 2. The van der Waals surface area contributed by atoms with Crippen molar-refractivity contribution in [1.82, 2.24) is 5.32 Å². The second-order valence-corrected chi connectivity index (χ2v) is 6.49. The molecule has 5 nitrogen and oxygen atoms in total. The first-order valence-electron chi connectivity index (χ1n) is 8.54. The Morgan fingerprint density at radius 2 is 1.73 bits per heavy atom. The third-order valence-corrected chi connectivity index (χ3v) is 4.54. The van der Waals surface area contributed by atoms with Crippen LogP contribution in [0.15, 0.2) is 60.7 Å². The molecule has 3 N–H and O–H groups in total. The molecule has 6 heteroatoms. The van der Waals surface area contributed by atoms with Crippen molar-refractivity contribution in [2.45, 2.75) is 37.9 Å². The predicted octanol–water partition coefficient (Wildman–Crippen LogP) is 2.29. The molecule has 0 radical (unpaired) electrons. The summed E-state index contributed by atoms with van der Waals surface area (Å²) in [5, 5.41) is 2.82. The Morgan fingerprint density at radius 1 is 1.15 bits per heavy atom. The molecular formula is C20H24ClN3O2. The minimum absolute atomic E-state index is 0. The Kier molecular flexibility index (Phi) is 6.77. The second kappa shape index (κ2) is 8.83. The van der Waals surface area contributed by atoms with Gasteiger partial charge in [0.05, 0.1) is 6.04 Å². The van der Waals surface area contributed by atoms with E-state index >= 15 is 0 Å². The first kappa shape index (κ1) is 19.9. The van der Waals surface area contributed by atoms with Gasteiger partial charge in [-0.3, -0.25) is 9.59 Å². The molecule has 1 fully saturated rings. The summed E-state index contributed by atoms with van der Waals surface area (Å²) in [5.74, 6) is -0.372. The van der Waals surface area contributed by atoms with Gasteiger partial charge in [0.25, 0.3) is 0 Å². The van der Waals surface area contributed by atoms with Gasteiger partial charge in [0.1, 0.15) is 6.04 Å². The summed E-state index contributed by atoms with van der Waals surface area (Å²) >= 11 is 0. The Hall–Kier alpha value is -2.37. The fourth-order valence-electron chi connectivity index (χ4n) is 3.26. The van der Waals surface area contributed by atoms with Crippen LogP contribution in [0.5, 0.6) is 0 Å². The van der Waals surface area contributed by atoms with E-state index in [0.717, 1.165) is 11.3 Å². The molecule has 1 saturated heterocycles. The van der Waals surface area contributed by atoms with Gasteiger partial charge in [0, 0.05) is 11.7 Å². The first-order valence-corrected chi connectivity index (χ1v) is 8.54. The average Bonchev–Trinajstić information content (AvgIpc) is 2.90. The van der Waals surface area contributed by atoms with E-state index in [2.05, 4.69) is 5.32 Å². The highest BCUT2D eigenvalue weighted by Gasteiger charge is 2.39. The van der Waals surface area contributed by atoms with Crippen LogP contribution in [0.25, 0.3) is 0 Å². The number of amides is 2. The highest BCUT2D eigenvalue weighted by Crippen LogP contribution is 2.26. The highest BCUT2D eigenvalue weighted by molar-refractivity contribution is 6.02. The number of rotatable bonds is 5. The van der Waals surface area contributed by atoms with Crippen molar-refractivity contribution in [3.05, 3.63) is 66.2 Å². The number of nitrogens with zero attached hydrogens (tertiary/aromatic N) is 1. The maximum absolute atomic E-state index is 12.7. The van der Waals surface area contributed by atoms with Gasteiger partial charge in [0.2, 0.25) is 11.8 Å². The maximum atomic E-state index is 12.7. The summed E-state index contributed by atoms with van der Waals surface area (Å²) in [4.78, 5) is 26.8. The molecule has 1 aliphatic heterocycles. The van der Waals surface area contributed by atoms with E-state index in [0.29, 0.717) is 12.8 Å². The third kappa shape index (κ3) is 4.42. The average molecular weight is 374 g/mol. The van der Waals surface area contributed by atoms with E-state index in [1.807, 2.05) is 67.6 Å². The van der Waals surface area contributed by atoms with Crippen LogP contribution in [0.1, 0.15) is 18.9 Å². The Labute approximate surface area is 160 Å². The van der Waals surface area contributed by atoms with Crippen LogP contribution in [0.3, 0.4) is 0 Å². The monoisotopic (exact) mass is 373 g/mol. The lowest BCUT2D eigenvalue weighted by Gasteiger charge is -2.21. The molecule has 1 heterocycles. The minimum atomic E-state index is -0.670. The molecule has 0 saturated carbocycles. The third-order valence-electron chi connectivity index (χ3n) is 4.54. The molecule has 2 aromatic rings. The van der Waals surface area contributed by atoms with Gasteiger partial charge in [-0.1, -0.05) is 48.5 Å². The molecule has 2 amide bonds. The van der Waals surface area contributed by atoms with Crippen molar-refractivity contribution < 1.29 is 9.59 Å². The van der Waals surface area contributed by atoms with Crippen molar-refractivity contribution in [2.75, 3.05) is 4.90 Å². The van der Waals surface area contributed by atoms with Crippen molar-refractivity contribution >= 4 is 29.9 Å². The van der Waals surface area contributed by atoms with Crippen molar-refractivity contribution in [2.24, 2.45) is 5.73 Å². The minimum Gasteiger partial charge on any atom is -0.343 e. The van der Waals surface area contributed by atoms with E-state index in [9.17, 15) is 9.59 Å². The Morgan fingerprint density at radius 3 is 2.35 bits per heavy atom. The van der Waals surface area contributed by atoms with E-state index in [1.165, 1.54) is 0 Å². The SMILES string of the molecule is CC1CC(NC(=O)[C@@H](N)Cc2ccccc2)C(=O)N1c1ccccc1.Cl. The van der Waals surface area contributed by atoms with Gasteiger partial charge in [-0.15, -0.1) is 12.4 Å². The zero-order valence-corrected chi connectivity index (χ0v) is 15.5. The Balaban J connectivity index is 0.00000243. The summed E-state index contributed by atoms with van der Waals surface area (Å²) in [5.41, 5.74) is 7.87. The zero-order valence-electron chi connectivity index (χ0n) is 14.7. The van der Waals surface area contributed by atoms with Crippen LogP contribution < -0.4 is 16.0 Å². The van der Waals surface area contributed by atoms with Gasteiger partial charge >= 0.3 is 0 Å². The molecule has 2 aromatic carbocycles. The van der Waals surface area contributed by atoms with Gasteiger partial charge in [-0.25, -0.2) is 0 Å². The van der Waals surface area contributed by atoms with Crippen LogP contribution in [0, 0.1) is 0 Å². The van der Waals surface area contributed by atoms with E-state index in [1.54, 1.807) is 4.90 Å². The van der Waals surface area contributed by atoms with Gasteiger partial charge in [0.15, 0.2) is 0 Å². The largest absolute Gasteiger partial charge is 0.343 e. The van der Waals surface area contributed by atoms with E-state index < -0.39 is 12.1 Å². The molecule has 0 aliphatic carbocycles. The van der Waals surface area contributed by atoms with Crippen LogP contribution in [-0.4, -0.2) is 29.9 Å². The normalized spacial score (nSPS) is 20.4. The second-order valence-electron chi connectivity index (χ2n) is 6.49.